The molecule has 1 saturated heterocycles. The lowest BCUT2D eigenvalue weighted by molar-refractivity contribution is 0.110. The standard InChI is InChI=1S/C13H26N2O2S/c1-3-10-9-15(8-7-11(10)14)12-5-4-6-13(12)18(2,16)17/h10-13H,3-9,14H2,1-2H3. The molecule has 1 saturated carbocycles. The molecule has 1 heterocycles. The van der Waals surface area contributed by atoms with Gasteiger partial charge in [-0.1, -0.05) is 19.8 Å². The minimum atomic E-state index is -2.91. The van der Waals surface area contributed by atoms with Gasteiger partial charge in [-0.2, -0.15) is 0 Å². The first-order valence-electron chi connectivity index (χ1n) is 7.12. The summed E-state index contributed by atoms with van der Waals surface area (Å²) in [6.45, 7) is 4.12. The lowest BCUT2D eigenvalue weighted by Gasteiger charge is -2.41. The Morgan fingerprint density at radius 1 is 1.28 bits per heavy atom. The average molecular weight is 274 g/mol. The fourth-order valence-electron chi connectivity index (χ4n) is 3.64. The van der Waals surface area contributed by atoms with E-state index in [-0.39, 0.29) is 11.3 Å². The summed E-state index contributed by atoms with van der Waals surface area (Å²) in [4.78, 5) is 2.40. The maximum absolute atomic E-state index is 11.9. The van der Waals surface area contributed by atoms with Crippen molar-refractivity contribution >= 4 is 9.84 Å². The third-order valence-electron chi connectivity index (χ3n) is 4.79. The van der Waals surface area contributed by atoms with Gasteiger partial charge < -0.3 is 5.73 Å². The monoisotopic (exact) mass is 274 g/mol. The lowest BCUT2D eigenvalue weighted by atomic mass is 9.89. The topological polar surface area (TPSA) is 63.4 Å². The van der Waals surface area contributed by atoms with Gasteiger partial charge in [0.1, 0.15) is 0 Å². The molecule has 18 heavy (non-hydrogen) atoms. The molecule has 0 amide bonds. The Labute approximate surface area is 111 Å². The second-order valence-corrected chi connectivity index (χ2v) is 8.25. The van der Waals surface area contributed by atoms with Gasteiger partial charge in [-0.25, -0.2) is 8.42 Å². The summed E-state index contributed by atoms with van der Waals surface area (Å²) in [7, 11) is -2.91. The van der Waals surface area contributed by atoms with Crippen molar-refractivity contribution in [2.24, 2.45) is 11.7 Å². The van der Waals surface area contributed by atoms with Crippen molar-refractivity contribution in [3.8, 4) is 0 Å². The van der Waals surface area contributed by atoms with Gasteiger partial charge >= 0.3 is 0 Å². The molecule has 0 aromatic heterocycles. The number of rotatable bonds is 3. The molecule has 0 bridgehead atoms. The first-order valence-corrected chi connectivity index (χ1v) is 9.07. The molecule has 4 unspecified atom stereocenters. The third kappa shape index (κ3) is 2.89. The van der Waals surface area contributed by atoms with Crippen LogP contribution in [-0.4, -0.2) is 50.0 Å². The zero-order valence-corrected chi connectivity index (χ0v) is 12.3. The Hall–Kier alpha value is -0.130. The number of nitrogens with two attached hydrogens (primary N) is 1. The number of nitrogens with zero attached hydrogens (tertiary/aromatic N) is 1. The molecular formula is C13H26N2O2S. The molecule has 2 aliphatic rings. The summed E-state index contributed by atoms with van der Waals surface area (Å²) in [6, 6.07) is 0.533. The minimum Gasteiger partial charge on any atom is -0.327 e. The van der Waals surface area contributed by atoms with E-state index in [2.05, 4.69) is 11.8 Å². The summed E-state index contributed by atoms with van der Waals surface area (Å²) >= 11 is 0. The third-order valence-corrected chi connectivity index (χ3v) is 6.43. The number of likely N-dealkylation sites (tertiary alicyclic amines) is 1. The van der Waals surface area contributed by atoms with E-state index in [4.69, 9.17) is 5.73 Å². The van der Waals surface area contributed by atoms with Gasteiger partial charge in [-0.05, 0) is 31.7 Å². The Kier molecular flexibility index (Phi) is 4.34. The van der Waals surface area contributed by atoms with Crippen LogP contribution in [0.5, 0.6) is 0 Å². The quantitative estimate of drug-likeness (QED) is 0.834. The molecule has 106 valence electrons. The molecule has 2 N–H and O–H groups in total. The molecular weight excluding hydrogens is 248 g/mol. The highest BCUT2D eigenvalue weighted by molar-refractivity contribution is 7.91. The molecule has 1 aliphatic carbocycles. The summed E-state index contributed by atoms with van der Waals surface area (Å²) in [5.74, 6) is 0.527. The second kappa shape index (κ2) is 5.47. The average Bonchev–Trinajstić information content (AvgIpc) is 2.78. The molecule has 0 spiro atoms. The molecule has 4 nitrogen and oxygen atoms in total. The predicted octanol–water partition coefficient (Wildman–Crippen LogP) is 1.01. The zero-order chi connectivity index (χ0) is 13.3. The summed E-state index contributed by atoms with van der Waals surface area (Å²) in [5, 5.41) is -0.149. The van der Waals surface area contributed by atoms with E-state index < -0.39 is 9.84 Å². The summed E-state index contributed by atoms with van der Waals surface area (Å²) in [5.41, 5.74) is 6.13. The maximum atomic E-state index is 11.9. The molecule has 5 heteroatoms. The van der Waals surface area contributed by atoms with Crippen LogP contribution in [0, 0.1) is 5.92 Å². The molecule has 0 aromatic rings. The fourth-order valence-corrected chi connectivity index (χ4v) is 5.11. The van der Waals surface area contributed by atoms with Gasteiger partial charge in [-0.15, -0.1) is 0 Å². The Balaban J connectivity index is 2.07. The van der Waals surface area contributed by atoms with Crippen LogP contribution in [0.1, 0.15) is 39.0 Å². The Morgan fingerprint density at radius 2 is 2.00 bits per heavy atom. The van der Waals surface area contributed by atoms with Gasteiger partial charge in [-0.3, -0.25) is 4.90 Å². The number of hydrogen-bond acceptors (Lipinski definition) is 4. The molecule has 0 aromatic carbocycles. The molecule has 0 radical (unpaired) electrons. The van der Waals surface area contributed by atoms with Crippen molar-refractivity contribution in [3.63, 3.8) is 0 Å². The lowest BCUT2D eigenvalue weighted by Crippen LogP contribution is -2.53. The minimum absolute atomic E-state index is 0.149. The van der Waals surface area contributed by atoms with Crippen LogP contribution < -0.4 is 5.73 Å². The van der Waals surface area contributed by atoms with Gasteiger partial charge in [0, 0.05) is 24.9 Å². The zero-order valence-electron chi connectivity index (χ0n) is 11.5. The van der Waals surface area contributed by atoms with E-state index in [0.717, 1.165) is 45.2 Å². The van der Waals surface area contributed by atoms with Crippen LogP contribution in [0.4, 0.5) is 0 Å². The molecule has 4 atom stereocenters. The van der Waals surface area contributed by atoms with Gasteiger partial charge in [0.25, 0.3) is 0 Å². The van der Waals surface area contributed by atoms with Crippen LogP contribution in [-0.2, 0) is 9.84 Å². The number of piperidine rings is 1. The summed E-state index contributed by atoms with van der Waals surface area (Å²) < 4.78 is 23.7. The maximum Gasteiger partial charge on any atom is 0.151 e. The SMILES string of the molecule is CCC1CN(C2CCCC2S(C)(=O)=O)CCC1N. The molecule has 2 fully saturated rings. The van der Waals surface area contributed by atoms with Crippen molar-refractivity contribution in [2.45, 2.75) is 56.4 Å². The van der Waals surface area contributed by atoms with E-state index in [1.54, 1.807) is 0 Å². The predicted molar refractivity (Wildman–Crippen MR) is 74.2 cm³/mol. The highest BCUT2D eigenvalue weighted by Gasteiger charge is 2.40. The van der Waals surface area contributed by atoms with Crippen LogP contribution in [0.3, 0.4) is 0 Å². The van der Waals surface area contributed by atoms with Gasteiger partial charge in [0.2, 0.25) is 0 Å². The first kappa shape index (κ1) is 14.3. The number of sulfone groups is 1. The van der Waals surface area contributed by atoms with Gasteiger partial charge in [0.15, 0.2) is 9.84 Å². The highest BCUT2D eigenvalue weighted by Crippen LogP contribution is 2.32. The van der Waals surface area contributed by atoms with Crippen molar-refractivity contribution in [3.05, 3.63) is 0 Å². The molecule has 1 aliphatic heterocycles. The first-order chi connectivity index (χ1) is 8.43. The smallest absolute Gasteiger partial charge is 0.151 e. The molecule has 2 rings (SSSR count). The van der Waals surface area contributed by atoms with E-state index in [1.807, 2.05) is 0 Å². The van der Waals surface area contributed by atoms with Crippen molar-refractivity contribution in [1.82, 2.24) is 4.90 Å². The van der Waals surface area contributed by atoms with Crippen LogP contribution in [0.25, 0.3) is 0 Å². The van der Waals surface area contributed by atoms with Crippen molar-refractivity contribution in [1.29, 1.82) is 0 Å². The van der Waals surface area contributed by atoms with E-state index in [9.17, 15) is 8.42 Å². The van der Waals surface area contributed by atoms with Crippen LogP contribution in [0.2, 0.25) is 0 Å². The Morgan fingerprint density at radius 3 is 2.61 bits per heavy atom. The normalized spacial score (nSPS) is 39.1. The Bertz CT molecular complexity index is 382. The highest BCUT2D eigenvalue weighted by atomic mass is 32.2. The van der Waals surface area contributed by atoms with Crippen LogP contribution >= 0.6 is 0 Å². The fraction of sp³-hybridized carbons (Fsp3) is 1.00. The number of hydrogen-bond donors (Lipinski definition) is 1. The van der Waals surface area contributed by atoms with Crippen molar-refractivity contribution in [2.75, 3.05) is 19.3 Å². The second-order valence-electron chi connectivity index (χ2n) is 5.98. The largest absolute Gasteiger partial charge is 0.327 e. The van der Waals surface area contributed by atoms with Crippen molar-refractivity contribution < 1.29 is 8.42 Å². The van der Waals surface area contributed by atoms with E-state index >= 15 is 0 Å². The van der Waals surface area contributed by atoms with Gasteiger partial charge in [0.05, 0.1) is 5.25 Å². The summed E-state index contributed by atoms with van der Waals surface area (Å²) in [6.07, 6.45) is 6.40. The van der Waals surface area contributed by atoms with E-state index in [0.29, 0.717) is 12.0 Å². The van der Waals surface area contributed by atoms with E-state index in [1.165, 1.54) is 6.26 Å². The van der Waals surface area contributed by atoms with Crippen LogP contribution in [0.15, 0.2) is 0 Å².